The molecule has 0 unspecified atom stereocenters. The van der Waals surface area contributed by atoms with Crippen LogP contribution in [0.3, 0.4) is 0 Å². The Kier molecular flexibility index (Phi) is 6.79. The third-order valence-electron chi connectivity index (χ3n) is 5.47. The minimum Gasteiger partial charge on any atom is -0.497 e. The molecule has 4 aromatic rings. The van der Waals surface area contributed by atoms with Crippen LogP contribution in [0.25, 0.3) is 0 Å². The summed E-state index contributed by atoms with van der Waals surface area (Å²) < 4.78 is 5.30. The molecule has 5 rings (SSSR count). The fraction of sp³-hybridized carbons (Fsp3) is 0.0714. The Bertz CT molecular complexity index is 1420. The monoisotopic (exact) mass is 498 g/mol. The lowest BCUT2D eigenvalue weighted by Crippen LogP contribution is -2.23. The van der Waals surface area contributed by atoms with E-state index in [1.807, 2.05) is 66.7 Å². The first kappa shape index (κ1) is 23.1. The average Bonchev–Trinajstić information content (AvgIpc) is 3.03. The number of benzene rings is 4. The molecule has 35 heavy (non-hydrogen) atoms. The van der Waals surface area contributed by atoms with E-state index in [1.165, 1.54) is 11.8 Å². The van der Waals surface area contributed by atoms with E-state index in [0.717, 1.165) is 30.9 Å². The molecule has 1 heterocycles. The SMILES string of the molecule is COc1cccc(Sc2cccc(CNC(=O)c3ccc4c(c3)NC(=O)c3ccccc3S4)c2)c1. The standard InChI is InChI=1S/C28H22N2O3S2/c1-33-20-7-5-9-22(16-20)34-21-8-4-6-18(14-21)17-29-27(31)19-12-13-26-24(15-19)30-28(32)23-10-2-3-11-25(23)35-26/h2-16H,17H2,1H3,(H,29,31)(H,30,32). The van der Waals surface area contributed by atoms with E-state index in [1.54, 1.807) is 37.1 Å². The van der Waals surface area contributed by atoms with Crippen molar-refractivity contribution in [2.45, 2.75) is 26.1 Å². The summed E-state index contributed by atoms with van der Waals surface area (Å²) in [7, 11) is 1.66. The van der Waals surface area contributed by atoms with Crippen LogP contribution in [0.1, 0.15) is 26.3 Å². The Hall–Kier alpha value is -3.68. The Morgan fingerprint density at radius 2 is 1.71 bits per heavy atom. The fourth-order valence-electron chi connectivity index (χ4n) is 3.71. The van der Waals surface area contributed by atoms with Crippen LogP contribution in [-0.4, -0.2) is 18.9 Å². The zero-order valence-corrected chi connectivity index (χ0v) is 20.5. The summed E-state index contributed by atoms with van der Waals surface area (Å²) in [5, 5.41) is 5.92. The quantitative estimate of drug-likeness (QED) is 0.318. The van der Waals surface area contributed by atoms with E-state index in [-0.39, 0.29) is 11.8 Å². The number of anilines is 1. The lowest BCUT2D eigenvalue weighted by molar-refractivity contribution is 0.0949. The molecule has 2 N–H and O–H groups in total. The first-order valence-electron chi connectivity index (χ1n) is 11.0. The molecule has 0 radical (unpaired) electrons. The largest absolute Gasteiger partial charge is 0.497 e. The minimum absolute atomic E-state index is 0.172. The molecule has 1 aliphatic rings. The highest BCUT2D eigenvalue weighted by Crippen LogP contribution is 2.39. The molecule has 5 nitrogen and oxygen atoms in total. The highest BCUT2D eigenvalue weighted by Gasteiger charge is 2.20. The maximum atomic E-state index is 12.9. The third kappa shape index (κ3) is 5.37. The first-order chi connectivity index (χ1) is 17.1. The maximum absolute atomic E-state index is 12.9. The molecule has 0 saturated carbocycles. The van der Waals surface area contributed by atoms with Gasteiger partial charge in [0.25, 0.3) is 11.8 Å². The van der Waals surface area contributed by atoms with Gasteiger partial charge in [0, 0.05) is 31.7 Å². The van der Waals surface area contributed by atoms with E-state index >= 15 is 0 Å². The number of hydrogen-bond acceptors (Lipinski definition) is 5. The molecule has 0 aliphatic carbocycles. The fourth-order valence-corrected chi connectivity index (χ4v) is 5.67. The van der Waals surface area contributed by atoms with Crippen molar-refractivity contribution in [3.05, 3.63) is 108 Å². The number of fused-ring (bicyclic) bond motifs is 2. The number of hydrogen-bond donors (Lipinski definition) is 2. The number of rotatable bonds is 6. The molecule has 2 amide bonds. The van der Waals surface area contributed by atoms with Gasteiger partial charge in [0.2, 0.25) is 0 Å². The number of nitrogens with one attached hydrogen (secondary N) is 2. The van der Waals surface area contributed by atoms with Crippen LogP contribution in [0, 0.1) is 0 Å². The summed E-state index contributed by atoms with van der Waals surface area (Å²) >= 11 is 3.16. The molecule has 0 aromatic heterocycles. The number of amides is 2. The van der Waals surface area contributed by atoms with E-state index in [9.17, 15) is 9.59 Å². The summed E-state index contributed by atoms with van der Waals surface area (Å²) in [4.78, 5) is 29.5. The molecule has 0 saturated heterocycles. The number of carbonyl (C=O) groups excluding carboxylic acids is 2. The highest BCUT2D eigenvalue weighted by molar-refractivity contribution is 7.99. The maximum Gasteiger partial charge on any atom is 0.256 e. The van der Waals surface area contributed by atoms with Crippen LogP contribution in [0.4, 0.5) is 5.69 Å². The smallest absolute Gasteiger partial charge is 0.256 e. The summed E-state index contributed by atoms with van der Waals surface area (Å²) in [6, 6.07) is 28.9. The molecule has 7 heteroatoms. The molecule has 1 aliphatic heterocycles. The van der Waals surface area contributed by atoms with Gasteiger partial charge in [-0.3, -0.25) is 9.59 Å². The van der Waals surface area contributed by atoms with Gasteiger partial charge >= 0.3 is 0 Å². The second kappa shape index (κ2) is 10.3. The van der Waals surface area contributed by atoms with Gasteiger partial charge in [0.1, 0.15) is 5.75 Å². The van der Waals surface area contributed by atoms with Gasteiger partial charge < -0.3 is 15.4 Å². The van der Waals surface area contributed by atoms with Crippen LogP contribution < -0.4 is 15.4 Å². The van der Waals surface area contributed by atoms with Crippen molar-refractivity contribution in [3.63, 3.8) is 0 Å². The minimum atomic E-state index is -0.195. The second-order valence-electron chi connectivity index (χ2n) is 7.87. The van der Waals surface area contributed by atoms with Crippen LogP contribution in [0.15, 0.2) is 111 Å². The van der Waals surface area contributed by atoms with Crippen LogP contribution in [0.5, 0.6) is 5.75 Å². The summed E-state index contributed by atoms with van der Waals surface area (Å²) in [5.41, 5.74) is 2.77. The summed E-state index contributed by atoms with van der Waals surface area (Å²) in [6.45, 7) is 0.398. The lowest BCUT2D eigenvalue weighted by atomic mass is 10.1. The normalized spacial score (nSPS) is 12.1. The van der Waals surface area contributed by atoms with Gasteiger partial charge in [-0.25, -0.2) is 0 Å². The van der Waals surface area contributed by atoms with Gasteiger partial charge in [-0.1, -0.05) is 53.9 Å². The van der Waals surface area contributed by atoms with Crippen molar-refractivity contribution in [1.82, 2.24) is 5.32 Å². The van der Waals surface area contributed by atoms with Gasteiger partial charge in [-0.15, -0.1) is 0 Å². The molecule has 0 atom stereocenters. The third-order valence-corrected chi connectivity index (χ3v) is 7.60. The number of ether oxygens (including phenoxy) is 1. The Morgan fingerprint density at radius 3 is 2.57 bits per heavy atom. The number of carbonyl (C=O) groups is 2. The second-order valence-corrected chi connectivity index (χ2v) is 10.1. The molecule has 0 bridgehead atoms. The van der Waals surface area contributed by atoms with Crippen LogP contribution in [0.2, 0.25) is 0 Å². The molecular weight excluding hydrogens is 476 g/mol. The zero-order chi connectivity index (χ0) is 24.2. The molecule has 0 spiro atoms. The molecular formula is C28H22N2O3S2. The van der Waals surface area contributed by atoms with Crippen molar-refractivity contribution in [3.8, 4) is 5.75 Å². The van der Waals surface area contributed by atoms with Gasteiger partial charge in [0.15, 0.2) is 0 Å². The van der Waals surface area contributed by atoms with Crippen molar-refractivity contribution in [2.75, 3.05) is 12.4 Å². The zero-order valence-electron chi connectivity index (χ0n) is 18.9. The first-order valence-corrected chi connectivity index (χ1v) is 12.6. The molecule has 4 aromatic carbocycles. The average molecular weight is 499 g/mol. The van der Waals surface area contributed by atoms with Gasteiger partial charge in [-0.05, 0) is 66.2 Å². The van der Waals surface area contributed by atoms with Crippen molar-refractivity contribution >= 4 is 41.0 Å². The van der Waals surface area contributed by atoms with Crippen LogP contribution >= 0.6 is 23.5 Å². The van der Waals surface area contributed by atoms with Gasteiger partial charge in [-0.2, -0.15) is 0 Å². The van der Waals surface area contributed by atoms with Crippen LogP contribution in [-0.2, 0) is 6.54 Å². The Balaban J connectivity index is 1.26. The van der Waals surface area contributed by atoms with E-state index in [2.05, 4.69) is 16.7 Å². The van der Waals surface area contributed by atoms with Gasteiger partial charge in [0.05, 0.1) is 18.4 Å². The van der Waals surface area contributed by atoms with E-state index < -0.39 is 0 Å². The lowest BCUT2D eigenvalue weighted by Gasteiger charge is -2.11. The summed E-state index contributed by atoms with van der Waals surface area (Å²) in [6.07, 6.45) is 0. The van der Waals surface area contributed by atoms with E-state index in [4.69, 9.17) is 4.74 Å². The number of methoxy groups -OCH3 is 1. The predicted molar refractivity (Wildman–Crippen MR) is 140 cm³/mol. The van der Waals surface area contributed by atoms with Crippen molar-refractivity contribution < 1.29 is 14.3 Å². The Labute approximate surface area is 212 Å². The van der Waals surface area contributed by atoms with Crippen molar-refractivity contribution in [2.24, 2.45) is 0 Å². The molecule has 174 valence electrons. The topological polar surface area (TPSA) is 67.4 Å². The van der Waals surface area contributed by atoms with E-state index in [0.29, 0.717) is 23.4 Å². The summed E-state index contributed by atoms with van der Waals surface area (Å²) in [5.74, 6) is 0.451. The van der Waals surface area contributed by atoms with Crippen molar-refractivity contribution in [1.29, 1.82) is 0 Å². The predicted octanol–water partition coefficient (Wildman–Crippen LogP) is 6.49. The Morgan fingerprint density at radius 1 is 0.914 bits per heavy atom. The molecule has 0 fully saturated rings. The highest BCUT2D eigenvalue weighted by atomic mass is 32.2.